The van der Waals surface area contributed by atoms with Gasteiger partial charge in [-0.25, -0.2) is 9.98 Å². The summed E-state index contributed by atoms with van der Waals surface area (Å²) in [4.78, 5) is 30.0. The first kappa shape index (κ1) is 22.5. The van der Waals surface area contributed by atoms with Crippen LogP contribution in [-0.2, 0) is 13.0 Å². The Bertz CT molecular complexity index is 1560. The van der Waals surface area contributed by atoms with Crippen LogP contribution in [0.4, 0.5) is 5.69 Å². The predicted octanol–water partition coefficient (Wildman–Crippen LogP) is 4.68. The van der Waals surface area contributed by atoms with Crippen LogP contribution >= 0.6 is 0 Å². The number of nitrogens with one attached hydrogen (secondary N) is 1. The molecule has 0 spiro atoms. The molecule has 0 amide bonds. The number of anilines is 1. The van der Waals surface area contributed by atoms with Crippen LogP contribution in [0.15, 0.2) is 102 Å². The molecule has 7 nitrogen and oxygen atoms in total. The van der Waals surface area contributed by atoms with Gasteiger partial charge in [0.2, 0.25) is 0 Å². The number of hydrogen-bond acceptors (Lipinski definition) is 6. The molecule has 4 aromatic rings. The fourth-order valence-corrected chi connectivity index (χ4v) is 4.75. The lowest BCUT2D eigenvalue weighted by Gasteiger charge is -2.20. The fourth-order valence-electron chi connectivity index (χ4n) is 4.75. The number of nitrogens with zero attached hydrogens (tertiary/aromatic N) is 5. The highest BCUT2D eigenvalue weighted by Gasteiger charge is 2.28. The molecule has 0 radical (unpaired) electrons. The van der Waals surface area contributed by atoms with Crippen molar-refractivity contribution < 1.29 is 4.79 Å². The number of ketones is 1. The van der Waals surface area contributed by atoms with Crippen LogP contribution in [0.5, 0.6) is 0 Å². The van der Waals surface area contributed by atoms with E-state index in [-0.39, 0.29) is 12.3 Å². The number of nitriles is 1. The summed E-state index contributed by atoms with van der Waals surface area (Å²) in [5.41, 5.74) is 6.50. The molecule has 2 aliphatic heterocycles. The summed E-state index contributed by atoms with van der Waals surface area (Å²) in [6.45, 7) is 1.51. The van der Waals surface area contributed by atoms with E-state index in [0.717, 1.165) is 33.9 Å². The van der Waals surface area contributed by atoms with Gasteiger partial charge in [-0.3, -0.25) is 4.79 Å². The van der Waals surface area contributed by atoms with Crippen molar-refractivity contribution in [1.82, 2.24) is 14.9 Å². The van der Waals surface area contributed by atoms with Crippen LogP contribution in [0.25, 0.3) is 0 Å². The fraction of sp³-hybridized carbons (Fsp3) is 0.133. The first-order chi connectivity index (χ1) is 18.2. The topological polar surface area (TPSA) is 88.4 Å². The van der Waals surface area contributed by atoms with Crippen molar-refractivity contribution in [3.63, 3.8) is 0 Å². The Labute approximate surface area is 215 Å². The third-order valence-corrected chi connectivity index (χ3v) is 6.62. The van der Waals surface area contributed by atoms with Gasteiger partial charge in [0, 0.05) is 24.9 Å². The van der Waals surface area contributed by atoms with Crippen molar-refractivity contribution in [3.8, 4) is 6.07 Å². The number of aromatic amines is 1. The monoisotopic (exact) mass is 484 g/mol. The maximum atomic E-state index is 13.2. The summed E-state index contributed by atoms with van der Waals surface area (Å²) >= 11 is 0. The average molecular weight is 485 g/mol. The Hall–Kier alpha value is -4.96. The number of rotatable bonds is 6. The van der Waals surface area contributed by atoms with E-state index in [2.05, 4.69) is 45.2 Å². The lowest BCUT2D eigenvalue weighted by molar-refractivity contribution is 0.0948. The molecule has 37 heavy (non-hydrogen) atoms. The molecule has 1 N–H and O–H groups in total. The molecule has 0 atom stereocenters. The molecule has 0 bridgehead atoms. The molecule has 3 aromatic carbocycles. The molecular formula is C30H24N6O. The van der Waals surface area contributed by atoms with Gasteiger partial charge in [0.25, 0.3) is 0 Å². The molecule has 7 heteroatoms. The van der Waals surface area contributed by atoms with E-state index >= 15 is 0 Å². The van der Waals surface area contributed by atoms with E-state index < -0.39 is 0 Å². The summed E-state index contributed by atoms with van der Waals surface area (Å²) < 4.78 is 0. The van der Waals surface area contributed by atoms with Crippen LogP contribution in [0.1, 0.15) is 38.6 Å². The summed E-state index contributed by atoms with van der Waals surface area (Å²) in [6, 6.07) is 28.0. The van der Waals surface area contributed by atoms with Crippen molar-refractivity contribution in [2.24, 2.45) is 4.99 Å². The molecule has 0 saturated heterocycles. The summed E-state index contributed by atoms with van der Waals surface area (Å²) in [7, 11) is 0. The minimum Gasteiger partial charge on any atom is -0.362 e. The van der Waals surface area contributed by atoms with Crippen molar-refractivity contribution in [2.75, 3.05) is 18.0 Å². The van der Waals surface area contributed by atoms with Crippen LogP contribution in [0, 0.1) is 11.3 Å². The summed E-state index contributed by atoms with van der Waals surface area (Å²) in [5.74, 6) is 1.51. The van der Waals surface area contributed by atoms with Gasteiger partial charge in [-0.05, 0) is 34.9 Å². The van der Waals surface area contributed by atoms with Crippen LogP contribution in [0.3, 0.4) is 0 Å². The Morgan fingerprint density at radius 3 is 2.57 bits per heavy atom. The first-order valence-corrected chi connectivity index (χ1v) is 12.2. The molecule has 2 aliphatic rings. The third-order valence-electron chi connectivity index (χ3n) is 6.62. The van der Waals surface area contributed by atoms with Gasteiger partial charge in [-0.15, -0.1) is 0 Å². The van der Waals surface area contributed by atoms with Crippen LogP contribution in [0.2, 0.25) is 0 Å². The van der Waals surface area contributed by atoms with Gasteiger partial charge >= 0.3 is 0 Å². The highest BCUT2D eigenvalue weighted by molar-refractivity contribution is 6.07. The van der Waals surface area contributed by atoms with E-state index in [1.807, 2.05) is 53.6 Å². The highest BCUT2D eigenvalue weighted by Crippen LogP contribution is 2.33. The SMILES string of the molecule is N#Cc1ccc(Cc2ncc(C(=O)CN3C=C4N=C(c5ccccc5)CN4c4ccccc4C3)[nH]2)cc1. The number of Topliss-reactive ketones (excluding diaryl/α,β-unsaturated/α-hetero) is 1. The number of imidazole rings is 1. The maximum Gasteiger partial charge on any atom is 0.199 e. The standard InChI is InChI=1S/C30H24N6O/c31-15-22-12-10-21(11-13-22)14-29-32-16-25(33-29)28(37)19-35-17-24-8-4-5-9-27(24)36-18-26(34-30(36)20-35)23-6-2-1-3-7-23/h1-13,16,20H,14,17-19H2,(H,32,33). The number of para-hydroxylation sites is 1. The van der Waals surface area contributed by atoms with E-state index in [0.29, 0.717) is 36.6 Å². The zero-order valence-electron chi connectivity index (χ0n) is 20.1. The Kier molecular flexibility index (Phi) is 5.83. The van der Waals surface area contributed by atoms with Crippen molar-refractivity contribution in [2.45, 2.75) is 13.0 Å². The molecule has 0 saturated carbocycles. The van der Waals surface area contributed by atoms with Gasteiger partial charge in [0.1, 0.15) is 17.3 Å². The van der Waals surface area contributed by atoms with Crippen molar-refractivity contribution in [1.29, 1.82) is 5.26 Å². The molecule has 0 fully saturated rings. The van der Waals surface area contributed by atoms with E-state index in [1.165, 1.54) is 0 Å². The lowest BCUT2D eigenvalue weighted by atomic mass is 10.1. The number of H-pyrrole nitrogens is 1. The van der Waals surface area contributed by atoms with Gasteiger partial charge < -0.3 is 14.8 Å². The smallest absolute Gasteiger partial charge is 0.199 e. The maximum absolute atomic E-state index is 13.2. The molecule has 1 aromatic heterocycles. The zero-order valence-corrected chi connectivity index (χ0v) is 20.1. The summed E-state index contributed by atoms with van der Waals surface area (Å²) in [5, 5.41) is 8.98. The average Bonchev–Trinajstić information content (AvgIpc) is 3.54. The molecule has 0 aliphatic carbocycles. The Morgan fingerprint density at radius 2 is 1.76 bits per heavy atom. The van der Waals surface area contributed by atoms with Gasteiger partial charge in [0.15, 0.2) is 5.78 Å². The predicted molar refractivity (Wildman–Crippen MR) is 142 cm³/mol. The number of carbonyl (C=O) groups is 1. The lowest BCUT2D eigenvalue weighted by Crippen LogP contribution is -2.25. The zero-order chi connectivity index (χ0) is 25.2. The quantitative estimate of drug-likeness (QED) is 0.402. The second-order valence-electron chi connectivity index (χ2n) is 9.18. The van der Waals surface area contributed by atoms with E-state index in [1.54, 1.807) is 18.3 Å². The number of hydrogen-bond donors (Lipinski definition) is 1. The number of carbonyl (C=O) groups excluding carboxylic acids is 1. The molecule has 0 unspecified atom stereocenters. The first-order valence-electron chi connectivity index (χ1n) is 12.2. The minimum absolute atomic E-state index is 0.0355. The van der Waals surface area contributed by atoms with Crippen molar-refractivity contribution >= 4 is 17.2 Å². The Morgan fingerprint density at radius 1 is 0.973 bits per heavy atom. The number of benzene rings is 3. The van der Waals surface area contributed by atoms with Gasteiger partial charge in [0.05, 0.1) is 36.6 Å². The van der Waals surface area contributed by atoms with E-state index in [4.69, 9.17) is 10.3 Å². The van der Waals surface area contributed by atoms with Gasteiger partial charge in [-0.2, -0.15) is 5.26 Å². The van der Waals surface area contributed by atoms with Crippen molar-refractivity contribution in [3.05, 3.63) is 131 Å². The number of aromatic nitrogens is 2. The largest absolute Gasteiger partial charge is 0.362 e. The third kappa shape index (κ3) is 4.65. The molecule has 6 rings (SSSR count). The minimum atomic E-state index is -0.0355. The number of fused-ring (bicyclic) bond motifs is 3. The second kappa shape index (κ2) is 9.59. The van der Waals surface area contributed by atoms with Gasteiger partial charge in [-0.1, -0.05) is 60.7 Å². The molecule has 3 heterocycles. The summed E-state index contributed by atoms with van der Waals surface area (Å²) in [6.07, 6.45) is 4.15. The van der Waals surface area contributed by atoms with E-state index in [9.17, 15) is 4.79 Å². The van der Waals surface area contributed by atoms with Crippen LogP contribution < -0.4 is 4.90 Å². The second-order valence-corrected chi connectivity index (χ2v) is 9.18. The van der Waals surface area contributed by atoms with Crippen LogP contribution in [-0.4, -0.2) is 39.5 Å². The molecular weight excluding hydrogens is 460 g/mol. The normalized spacial score (nSPS) is 14.2. The molecule has 180 valence electrons. The highest BCUT2D eigenvalue weighted by atomic mass is 16.1. The Balaban J connectivity index is 1.22. The number of aliphatic imine (C=N–C) groups is 1.